The first kappa shape index (κ1) is 11.8. The third kappa shape index (κ3) is 2.71. The molecule has 3 nitrogen and oxygen atoms in total. The summed E-state index contributed by atoms with van der Waals surface area (Å²) < 4.78 is 13.2. The fourth-order valence-electron chi connectivity index (χ4n) is 1.48. The van der Waals surface area contributed by atoms with E-state index in [0.29, 0.717) is 22.1 Å². The minimum Gasteiger partial charge on any atom is -0.370 e. The van der Waals surface area contributed by atoms with Crippen molar-refractivity contribution >= 4 is 17.4 Å². The Morgan fingerprint density at radius 3 is 2.88 bits per heavy atom. The number of nitrogens with one attached hydrogen (secondary N) is 1. The van der Waals surface area contributed by atoms with E-state index < -0.39 is 0 Å². The molecule has 0 bridgehead atoms. The fourth-order valence-corrected chi connectivity index (χ4v) is 1.69. The molecule has 0 aliphatic heterocycles. The molecule has 0 atom stereocenters. The van der Waals surface area contributed by atoms with Crippen molar-refractivity contribution in [1.82, 2.24) is 9.97 Å². The van der Waals surface area contributed by atoms with Gasteiger partial charge in [-0.25, -0.2) is 14.4 Å². The van der Waals surface area contributed by atoms with Crippen LogP contribution in [0.4, 0.5) is 10.2 Å². The average Bonchev–Trinajstić information content (AvgIpc) is 2.33. The van der Waals surface area contributed by atoms with Crippen LogP contribution in [0.2, 0.25) is 5.02 Å². The summed E-state index contributed by atoms with van der Waals surface area (Å²) in [6, 6.07) is 5.93. The van der Waals surface area contributed by atoms with E-state index in [0.717, 1.165) is 6.54 Å². The van der Waals surface area contributed by atoms with Crippen LogP contribution in [0.5, 0.6) is 0 Å². The summed E-state index contributed by atoms with van der Waals surface area (Å²) in [5.41, 5.74) is 1.16. The van der Waals surface area contributed by atoms with Crippen molar-refractivity contribution in [1.29, 1.82) is 0 Å². The molecule has 0 unspecified atom stereocenters. The van der Waals surface area contributed by atoms with Crippen LogP contribution in [0.1, 0.15) is 6.92 Å². The first-order chi connectivity index (χ1) is 8.20. The number of hydrogen-bond acceptors (Lipinski definition) is 3. The van der Waals surface area contributed by atoms with Crippen LogP contribution in [0, 0.1) is 5.82 Å². The second-order valence-corrected chi connectivity index (χ2v) is 3.85. The average molecular weight is 252 g/mol. The van der Waals surface area contributed by atoms with Crippen LogP contribution >= 0.6 is 11.6 Å². The SMILES string of the molecule is CCNc1cc(-c2cc(F)ccc2Cl)ncn1. The number of anilines is 1. The Hall–Kier alpha value is -1.68. The Labute approximate surface area is 104 Å². The quantitative estimate of drug-likeness (QED) is 0.909. The van der Waals surface area contributed by atoms with E-state index in [1.165, 1.54) is 24.5 Å². The Balaban J connectivity index is 2.45. The number of nitrogens with zero attached hydrogens (tertiary/aromatic N) is 2. The van der Waals surface area contributed by atoms with Crippen LogP contribution < -0.4 is 5.32 Å². The van der Waals surface area contributed by atoms with Gasteiger partial charge in [0.2, 0.25) is 0 Å². The molecule has 0 aliphatic carbocycles. The van der Waals surface area contributed by atoms with E-state index in [9.17, 15) is 4.39 Å². The summed E-state index contributed by atoms with van der Waals surface area (Å²) in [5.74, 6) is 0.353. The molecule has 1 aromatic heterocycles. The van der Waals surface area contributed by atoms with Crippen LogP contribution in [0.15, 0.2) is 30.6 Å². The monoisotopic (exact) mass is 251 g/mol. The minimum atomic E-state index is -0.340. The second-order valence-electron chi connectivity index (χ2n) is 3.44. The van der Waals surface area contributed by atoms with E-state index >= 15 is 0 Å². The smallest absolute Gasteiger partial charge is 0.129 e. The van der Waals surface area contributed by atoms with E-state index in [1.807, 2.05) is 6.92 Å². The molecule has 0 spiro atoms. The van der Waals surface area contributed by atoms with Gasteiger partial charge in [0.05, 0.1) is 10.7 Å². The molecule has 0 saturated carbocycles. The molecular weight excluding hydrogens is 241 g/mol. The van der Waals surface area contributed by atoms with Gasteiger partial charge in [-0.2, -0.15) is 0 Å². The number of aromatic nitrogens is 2. The zero-order valence-corrected chi connectivity index (χ0v) is 10.0. The standard InChI is InChI=1S/C12H11ClFN3/c1-2-15-12-6-11(16-7-17-12)9-5-8(14)3-4-10(9)13/h3-7H,2H2,1H3,(H,15,16,17). The topological polar surface area (TPSA) is 37.8 Å². The maximum absolute atomic E-state index is 13.2. The van der Waals surface area contributed by atoms with E-state index in [1.54, 1.807) is 6.07 Å². The normalized spacial score (nSPS) is 10.3. The molecule has 2 rings (SSSR count). The molecule has 88 valence electrons. The molecule has 1 aromatic carbocycles. The predicted molar refractivity (Wildman–Crippen MR) is 66.6 cm³/mol. The first-order valence-electron chi connectivity index (χ1n) is 5.22. The molecule has 0 saturated heterocycles. The maximum Gasteiger partial charge on any atom is 0.129 e. The van der Waals surface area contributed by atoms with Gasteiger partial charge >= 0.3 is 0 Å². The van der Waals surface area contributed by atoms with Gasteiger partial charge in [0.15, 0.2) is 0 Å². The summed E-state index contributed by atoms with van der Waals surface area (Å²) in [7, 11) is 0. The highest BCUT2D eigenvalue weighted by Gasteiger charge is 2.07. The zero-order chi connectivity index (χ0) is 12.3. The largest absolute Gasteiger partial charge is 0.370 e. The number of halogens is 2. The van der Waals surface area contributed by atoms with Crippen LogP contribution in [-0.2, 0) is 0 Å². The third-order valence-electron chi connectivity index (χ3n) is 2.23. The fraction of sp³-hybridized carbons (Fsp3) is 0.167. The molecule has 17 heavy (non-hydrogen) atoms. The van der Waals surface area contributed by atoms with Crippen molar-refractivity contribution in [2.75, 3.05) is 11.9 Å². The van der Waals surface area contributed by atoms with Gasteiger partial charge in [-0.15, -0.1) is 0 Å². The van der Waals surface area contributed by atoms with Gasteiger partial charge in [0, 0.05) is 18.2 Å². The maximum atomic E-state index is 13.2. The summed E-state index contributed by atoms with van der Waals surface area (Å²) in [4.78, 5) is 8.14. The van der Waals surface area contributed by atoms with Crippen molar-refractivity contribution in [2.45, 2.75) is 6.92 Å². The molecule has 2 aromatic rings. The first-order valence-corrected chi connectivity index (χ1v) is 5.60. The molecule has 0 fully saturated rings. The number of hydrogen-bond donors (Lipinski definition) is 1. The third-order valence-corrected chi connectivity index (χ3v) is 2.56. The lowest BCUT2D eigenvalue weighted by atomic mass is 10.1. The lowest BCUT2D eigenvalue weighted by Crippen LogP contribution is -2.00. The lowest BCUT2D eigenvalue weighted by Gasteiger charge is -2.06. The molecule has 5 heteroatoms. The molecule has 1 heterocycles. The molecule has 0 aliphatic rings. The van der Waals surface area contributed by atoms with Crippen LogP contribution in [0.25, 0.3) is 11.3 Å². The van der Waals surface area contributed by atoms with Crippen molar-refractivity contribution in [2.24, 2.45) is 0 Å². The van der Waals surface area contributed by atoms with Crippen LogP contribution in [-0.4, -0.2) is 16.5 Å². The summed E-state index contributed by atoms with van der Waals surface area (Å²) in [6.07, 6.45) is 1.43. The Bertz CT molecular complexity index is 531. The van der Waals surface area contributed by atoms with Gasteiger partial charge in [-0.05, 0) is 25.1 Å². The minimum absolute atomic E-state index is 0.340. The molecule has 1 N–H and O–H groups in total. The predicted octanol–water partition coefficient (Wildman–Crippen LogP) is 3.37. The number of benzene rings is 1. The Morgan fingerprint density at radius 1 is 1.29 bits per heavy atom. The summed E-state index contributed by atoms with van der Waals surface area (Å²) in [5, 5.41) is 3.53. The van der Waals surface area contributed by atoms with Crippen LogP contribution in [0.3, 0.4) is 0 Å². The Morgan fingerprint density at radius 2 is 2.12 bits per heavy atom. The lowest BCUT2D eigenvalue weighted by molar-refractivity contribution is 0.628. The van der Waals surface area contributed by atoms with Gasteiger partial charge < -0.3 is 5.32 Å². The Kier molecular flexibility index (Phi) is 3.54. The summed E-state index contributed by atoms with van der Waals surface area (Å²) in [6.45, 7) is 2.73. The van der Waals surface area contributed by atoms with Gasteiger partial charge in [-0.1, -0.05) is 11.6 Å². The van der Waals surface area contributed by atoms with E-state index in [4.69, 9.17) is 11.6 Å². The second kappa shape index (κ2) is 5.10. The van der Waals surface area contributed by atoms with Crippen molar-refractivity contribution in [3.05, 3.63) is 41.4 Å². The molecule has 0 radical (unpaired) electrons. The molecule has 0 amide bonds. The summed E-state index contributed by atoms with van der Waals surface area (Å²) >= 11 is 6.01. The van der Waals surface area contributed by atoms with Gasteiger partial charge in [0.25, 0.3) is 0 Å². The highest BCUT2D eigenvalue weighted by atomic mass is 35.5. The zero-order valence-electron chi connectivity index (χ0n) is 9.24. The van der Waals surface area contributed by atoms with Gasteiger partial charge in [0.1, 0.15) is 18.0 Å². The van der Waals surface area contributed by atoms with E-state index in [2.05, 4.69) is 15.3 Å². The van der Waals surface area contributed by atoms with E-state index in [-0.39, 0.29) is 5.82 Å². The van der Waals surface area contributed by atoms with Crippen molar-refractivity contribution in [3.63, 3.8) is 0 Å². The highest BCUT2D eigenvalue weighted by Crippen LogP contribution is 2.27. The van der Waals surface area contributed by atoms with Gasteiger partial charge in [-0.3, -0.25) is 0 Å². The highest BCUT2D eigenvalue weighted by molar-refractivity contribution is 6.33. The van der Waals surface area contributed by atoms with Crippen molar-refractivity contribution < 1.29 is 4.39 Å². The van der Waals surface area contributed by atoms with Crippen molar-refractivity contribution in [3.8, 4) is 11.3 Å². The number of rotatable bonds is 3. The molecular formula is C12H11ClFN3.